The number of nitrogens with one attached hydrogen (secondary N) is 4. The molecule has 22 heteroatoms. The summed E-state index contributed by atoms with van der Waals surface area (Å²) in [5, 5.41) is 12.0. The molecule has 0 amide bonds. The second-order valence-corrected chi connectivity index (χ2v) is 19.8. The number of ether oxygens (including phenoxy) is 2. The van der Waals surface area contributed by atoms with E-state index in [4.69, 9.17) is 37.7 Å². The summed E-state index contributed by atoms with van der Waals surface area (Å²) in [5.41, 5.74) is 4.10. The number of halogens is 2. The highest BCUT2D eigenvalue weighted by atomic mass is 35.5. The minimum atomic E-state index is -3.71. The number of thioether (sulfide) groups is 1. The number of sulfone groups is 1. The summed E-state index contributed by atoms with van der Waals surface area (Å²) in [6.45, 7) is 11.6. The summed E-state index contributed by atoms with van der Waals surface area (Å²) in [4.78, 5) is 45.6. The highest BCUT2D eigenvalue weighted by molar-refractivity contribution is 7.99. The molecular weight excluding hydrogens is 924 g/mol. The lowest BCUT2D eigenvalue weighted by Gasteiger charge is -2.26. The Morgan fingerprint density at radius 1 is 0.697 bits per heavy atom. The van der Waals surface area contributed by atoms with Gasteiger partial charge < -0.3 is 30.1 Å². The number of benzene rings is 2. The van der Waals surface area contributed by atoms with Crippen LogP contribution in [-0.2, 0) is 19.3 Å². The van der Waals surface area contributed by atoms with E-state index in [-0.39, 0.29) is 22.9 Å². The maximum absolute atomic E-state index is 13.5. The predicted octanol–water partition coefficient (Wildman–Crippen LogP) is 6.99. The Balaban J connectivity index is 0.000000166. The van der Waals surface area contributed by atoms with Gasteiger partial charge in [0.15, 0.2) is 37.8 Å². The summed E-state index contributed by atoms with van der Waals surface area (Å²) in [6.07, 6.45) is 6.10. The number of imidazole rings is 2. The predicted molar refractivity (Wildman–Crippen MR) is 258 cm³/mol. The smallest absolute Gasteiger partial charge is 0.197 e. The maximum Gasteiger partial charge on any atom is 0.197 e. The number of hydrogen-bond donors (Lipinski definition) is 4. The minimum Gasteiger partial charge on any atom is -0.379 e. The molecule has 344 valence electrons. The summed E-state index contributed by atoms with van der Waals surface area (Å²) in [7, 11) is -3.71. The molecule has 2 fully saturated rings. The van der Waals surface area contributed by atoms with Crippen molar-refractivity contribution in [3.63, 3.8) is 0 Å². The van der Waals surface area contributed by atoms with Gasteiger partial charge in [0.2, 0.25) is 0 Å². The number of hydrogen-bond acceptors (Lipinski definition) is 17. The van der Waals surface area contributed by atoms with Crippen LogP contribution in [-0.4, -0.2) is 145 Å². The van der Waals surface area contributed by atoms with Gasteiger partial charge in [-0.25, -0.2) is 48.3 Å². The second-order valence-electron chi connectivity index (χ2n) is 15.8. The van der Waals surface area contributed by atoms with Crippen LogP contribution in [0.1, 0.15) is 37.3 Å². The van der Waals surface area contributed by atoms with Crippen LogP contribution in [0.15, 0.2) is 83.9 Å². The fourth-order valence-corrected chi connectivity index (χ4v) is 11.1. The normalized spacial score (nSPS) is 16.1. The molecule has 18 nitrogen and oxygen atoms in total. The zero-order valence-corrected chi connectivity index (χ0v) is 39.4. The number of nitrogens with zero attached hydrogens (tertiary/aromatic N) is 10. The van der Waals surface area contributed by atoms with Crippen LogP contribution in [0.2, 0.25) is 10.0 Å². The fourth-order valence-electron chi connectivity index (χ4n) is 7.85. The van der Waals surface area contributed by atoms with Gasteiger partial charge in [0, 0.05) is 55.8 Å². The molecule has 8 heterocycles. The number of pyridine rings is 2. The first-order chi connectivity index (χ1) is 32.1. The SMILES string of the molecule is C[C@H](Nc1ncnc2nc[nH]c12)c1cc2cccc(Cl)c2c(S(=O)(=O)CCN2CCOCC2)n1.C[C@H](Nc1ncnc2nc[nH]c12)c1cc2cccc(Cl)c2c(SCCN2CCOCC2)n1. The van der Waals surface area contributed by atoms with Crippen molar-refractivity contribution in [3.8, 4) is 0 Å². The zero-order chi connectivity index (χ0) is 45.6. The zero-order valence-electron chi connectivity index (χ0n) is 36.2. The largest absolute Gasteiger partial charge is 0.379 e. The highest BCUT2D eigenvalue weighted by Gasteiger charge is 2.26. The maximum atomic E-state index is 13.5. The minimum absolute atomic E-state index is 0.00174. The van der Waals surface area contributed by atoms with Gasteiger partial charge in [0.1, 0.15) is 28.7 Å². The Bertz CT molecular complexity index is 3070. The van der Waals surface area contributed by atoms with Gasteiger partial charge in [-0.2, -0.15) is 0 Å². The highest BCUT2D eigenvalue weighted by Crippen LogP contribution is 2.35. The van der Waals surface area contributed by atoms with E-state index in [2.05, 4.69) is 84.3 Å². The van der Waals surface area contributed by atoms with Crippen molar-refractivity contribution < 1.29 is 17.9 Å². The van der Waals surface area contributed by atoms with Gasteiger partial charge >= 0.3 is 0 Å². The molecule has 2 atom stereocenters. The molecule has 0 bridgehead atoms. The summed E-state index contributed by atoms with van der Waals surface area (Å²) in [6, 6.07) is 14.8. The Morgan fingerprint density at radius 2 is 1.21 bits per heavy atom. The lowest BCUT2D eigenvalue weighted by Crippen LogP contribution is -2.39. The topological polar surface area (TPSA) is 218 Å². The van der Waals surface area contributed by atoms with Gasteiger partial charge in [0.05, 0.1) is 78.4 Å². The van der Waals surface area contributed by atoms with Crippen molar-refractivity contribution >= 4 is 100 Å². The molecule has 0 saturated carbocycles. The van der Waals surface area contributed by atoms with E-state index in [1.807, 2.05) is 31.2 Å². The number of H-pyrrole nitrogens is 2. The van der Waals surface area contributed by atoms with E-state index in [0.29, 0.717) is 82.8 Å². The van der Waals surface area contributed by atoms with Crippen molar-refractivity contribution in [2.24, 2.45) is 0 Å². The van der Waals surface area contributed by atoms with Gasteiger partial charge in [-0.05, 0) is 48.9 Å². The van der Waals surface area contributed by atoms with Crippen molar-refractivity contribution in [2.75, 3.05) is 87.8 Å². The van der Waals surface area contributed by atoms with Crippen molar-refractivity contribution in [1.29, 1.82) is 0 Å². The third-order valence-electron chi connectivity index (χ3n) is 11.5. The van der Waals surface area contributed by atoms with Crippen LogP contribution in [0.4, 0.5) is 11.6 Å². The first-order valence-electron chi connectivity index (χ1n) is 21.6. The average molecular weight is 972 g/mol. The number of rotatable bonds is 14. The summed E-state index contributed by atoms with van der Waals surface area (Å²) in [5.74, 6) is 2.15. The van der Waals surface area contributed by atoms with E-state index in [9.17, 15) is 8.42 Å². The molecule has 4 N–H and O–H groups in total. The third kappa shape index (κ3) is 10.5. The Hall–Kier alpha value is -5.32. The van der Waals surface area contributed by atoms with Crippen LogP contribution in [0, 0.1) is 0 Å². The van der Waals surface area contributed by atoms with Crippen LogP contribution in [0.25, 0.3) is 43.9 Å². The first kappa shape index (κ1) is 45.8. The monoisotopic (exact) mass is 970 g/mol. The summed E-state index contributed by atoms with van der Waals surface area (Å²) < 4.78 is 37.8. The molecule has 0 aliphatic carbocycles. The van der Waals surface area contributed by atoms with E-state index in [1.54, 1.807) is 36.5 Å². The van der Waals surface area contributed by atoms with Gasteiger partial charge in [-0.3, -0.25) is 9.80 Å². The second kappa shape index (κ2) is 20.7. The molecular formula is C44H48Cl2N14O4S2. The first-order valence-corrected chi connectivity index (χ1v) is 25.0. The number of morpholine rings is 2. The number of aromatic nitrogens is 10. The third-order valence-corrected chi connectivity index (χ3v) is 14.6. The molecule has 66 heavy (non-hydrogen) atoms. The Labute approximate surface area is 395 Å². The molecule has 2 aromatic carbocycles. The van der Waals surface area contributed by atoms with Gasteiger partial charge in [-0.15, -0.1) is 11.8 Å². The van der Waals surface area contributed by atoms with E-state index in [0.717, 1.165) is 70.6 Å². The van der Waals surface area contributed by atoms with E-state index >= 15 is 0 Å². The summed E-state index contributed by atoms with van der Waals surface area (Å²) >= 11 is 14.8. The molecule has 2 aliphatic heterocycles. The Kier molecular flexibility index (Phi) is 14.4. The van der Waals surface area contributed by atoms with Gasteiger partial charge in [0.25, 0.3) is 0 Å². The van der Waals surface area contributed by atoms with Gasteiger partial charge in [-0.1, -0.05) is 47.5 Å². The number of aromatic amines is 2. The van der Waals surface area contributed by atoms with Crippen molar-refractivity contribution in [1.82, 2.24) is 59.6 Å². The number of fused-ring (bicyclic) bond motifs is 4. The van der Waals surface area contributed by atoms with Crippen LogP contribution < -0.4 is 10.6 Å². The molecule has 2 saturated heterocycles. The molecule has 0 spiro atoms. The fraction of sp³-hybridized carbons (Fsp3) is 0.364. The lowest BCUT2D eigenvalue weighted by molar-refractivity contribution is 0.0408. The average Bonchev–Trinajstić information content (AvgIpc) is 4.03. The Morgan fingerprint density at radius 3 is 1.79 bits per heavy atom. The van der Waals surface area contributed by atoms with Crippen LogP contribution in [0.5, 0.6) is 0 Å². The molecule has 0 unspecified atom stereocenters. The molecule has 8 aromatic rings. The standard InChI is InChI=1S/C22H24ClN7O3S.C22H24ClN7OS/c1-14(28-21-19-20(25-12-24-19)26-13-27-21)17-11-15-3-2-4-16(23)18(15)22(29-17)34(31,32)10-7-30-5-8-33-9-6-30;1-14(28-21-19-20(25-12-24-19)26-13-27-21)17-11-15-3-2-4-16(23)18(15)22(29-17)32-10-7-30-5-8-31-9-6-30/h2-4,11-14H,5-10H2,1H3,(H2,24,25,26,27,28);2-4,11-14H,5-10H2,1H3,(H2,24,25,26,27,28)/t2*14-/m00/s1. The molecule has 10 rings (SSSR count). The quantitative estimate of drug-likeness (QED) is 0.0808. The molecule has 0 radical (unpaired) electrons. The lowest BCUT2D eigenvalue weighted by atomic mass is 10.1. The van der Waals surface area contributed by atoms with Crippen molar-refractivity contribution in [3.05, 3.63) is 95.3 Å². The number of anilines is 2. The van der Waals surface area contributed by atoms with Crippen LogP contribution >= 0.6 is 35.0 Å². The molecule has 6 aromatic heterocycles. The molecule has 2 aliphatic rings. The van der Waals surface area contributed by atoms with E-state index < -0.39 is 9.84 Å². The van der Waals surface area contributed by atoms with Crippen LogP contribution in [0.3, 0.4) is 0 Å². The van der Waals surface area contributed by atoms with E-state index in [1.165, 1.54) is 12.7 Å². The van der Waals surface area contributed by atoms with Crippen molar-refractivity contribution in [2.45, 2.75) is 36.0 Å².